The number of hydrogen-bond donors (Lipinski definition) is 0. The lowest BCUT2D eigenvalue weighted by Gasteiger charge is -2.33. The number of rotatable bonds is 4. The lowest BCUT2D eigenvalue weighted by Crippen LogP contribution is -2.36. The number of aliphatic imine (C=N–C) groups is 1. The molecule has 2 atom stereocenters. The third-order valence-electron chi connectivity index (χ3n) is 6.06. The van der Waals surface area contributed by atoms with E-state index in [-0.39, 0.29) is 17.3 Å². The number of carbonyl (C=O) groups excluding carboxylic acids is 2. The summed E-state index contributed by atoms with van der Waals surface area (Å²) >= 11 is 0. The Morgan fingerprint density at radius 2 is 1.90 bits per heavy atom. The van der Waals surface area contributed by atoms with Crippen molar-refractivity contribution in [3.8, 4) is 0 Å². The number of ketones is 1. The van der Waals surface area contributed by atoms with E-state index < -0.39 is 17.8 Å². The van der Waals surface area contributed by atoms with Crippen molar-refractivity contribution in [2.75, 3.05) is 0 Å². The molecule has 0 amide bonds. The SMILES string of the molecule is CC(=O)C1C(C)=NC(C)=C(C(=O)OC2CCC2)C1c1cccc2c(=O)cc(C)oc12. The van der Waals surface area contributed by atoms with Crippen molar-refractivity contribution in [2.24, 2.45) is 10.9 Å². The highest BCUT2D eigenvalue weighted by Gasteiger charge is 2.42. The normalized spacial score (nSPS) is 21.9. The van der Waals surface area contributed by atoms with Crippen LogP contribution in [0.2, 0.25) is 0 Å². The van der Waals surface area contributed by atoms with Gasteiger partial charge in [0, 0.05) is 29.0 Å². The third kappa shape index (κ3) is 3.40. The summed E-state index contributed by atoms with van der Waals surface area (Å²) < 4.78 is 11.6. The van der Waals surface area contributed by atoms with E-state index in [0.717, 1.165) is 19.3 Å². The van der Waals surface area contributed by atoms with Gasteiger partial charge in [-0.15, -0.1) is 0 Å². The van der Waals surface area contributed by atoms with E-state index in [2.05, 4.69) is 4.99 Å². The van der Waals surface area contributed by atoms with Crippen molar-refractivity contribution in [3.05, 3.63) is 57.1 Å². The topological polar surface area (TPSA) is 85.9 Å². The van der Waals surface area contributed by atoms with Gasteiger partial charge in [-0.1, -0.05) is 12.1 Å². The molecule has 0 bridgehead atoms. The average Bonchev–Trinajstić information content (AvgIpc) is 2.63. The van der Waals surface area contributed by atoms with Crippen LogP contribution >= 0.6 is 0 Å². The molecule has 0 saturated heterocycles. The summed E-state index contributed by atoms with van der Waals surface area (Å²) in [6, 6.07) is 6.70. The summed E-state index contributed by atoms with van der Waals surface area (Å²) in [7, 11) is 0. The number of Topliss-reactive ketones (excluding diaryl/α,β-unsaturated/α-hetero) is 1. The Balaban J connectivity index is 1.94. The number of allylic oxidation sites excluding steroid dienone is 1. The molecule has 6 nitrogen and oxygen atoms in total. The monoisotopic (exact) mass is 407 g/mol. The van der Waals surface area contributed by atoms with Crippen LogP contribution in [0.3, 0.4) is 0 Å². The first-order valence-electron chi connectivity index (χ1n) is 10.3. The largest absolute Gasteiger partial charge is 0.461 e. The molecule has 0 spiro atoms. The summed E-state index contributed by atoms with van der Waals surface area (Å²) in [6.07, 6.45) is 2.65. The van der Waals surface area contributed by atoms with Crippen molar-refractivity contribution in [2.45, 2.75) is 59.0 Å². The molecule has 0 radical (unpaired) electrons. The number of aryl methyl sites for hydroxylation is 1. The number of ether oxygens (including phenoxy) is 1. The molecule has 1 aliphatic carbocycles. The van der Waals surface area contributed by atoms with Gasteiger partial charge in [-0.2, -0.15) is 0 Å². The van der Waals surface area contributed by atoms with E-state index in [1.807, 2.05) is 6.07 Å². The molecule has 156 valence electrons. The van der Waals surface area contributed by atoms with Crippen LogP contribution in [0.25, 0.3) is 11.0 Å². The van der Waals surface area contributed by atoms with E-state index in [0.29, 0.717) is 39.3 Å². The molecule has 1 aromatic heterocycles. The van der Waals surface area contributed by atoms with Crippen molar-refractivity contribution < 1.29 is 18.7 Å². The summed E-state index contributed by atoms with van der Waals surface area (Å²) in [4.78, 5) is 42.9. The third-order valence-corrected chi connectivity index (χ3v) is 6.06. The minimum Gasteiger partial charge on any atom is -0.461 e. The predicted octanol–water partition coefficient (Wildman–Crippen LogP) is 4.23. The number of esters is 1. The van der Waals surface area contributed by atoms with Crippen molar-refractivity contribution in [1.82, 2.24) is 0 Å². The molecule has 6 heteroatoms. The highest BCUT2D eigenvalue weighted by Crippen LogP contribution is 2.42. The predicted molar refractivity (Wildman–Crippen MR) is 114 cm³/mol. The maximum absolute atomic E-state index is 13.2. The fourth-order valence-corrected chi connectivity index (χ4v) is 4.43. The van der Waals surface area contributed by atoms with Gasteiger partial charge in [0.05, 0.1) is 16.9 Å². The molecule has 30 heavy (non-hydrogen) atoms. The van der Waals surface area contributed by atoms with E-state index in [4.69, 9.17) is 9.15 Å². The molecule has 1 saturated carbocycles. The fourth-order valence-electron chi connectivity index (χ4n) is 4.43. The van der Waals surface area contributed by atoms with Crippen LogP contribution < -0.4 is 5.43 Å². The van der Waals surface area contributed by atoms with Crippen molar-refractivity contribution in [3.63, 3.8) is 0 Å². The zero-order valence-corrected chi connectivity index (χ0v) is 17.7. The second-order valence-corrected chi connectivity index (χ2v) is 8.22. The molecule has 2 unspecified atom stereocenters. The van der Waals surface area contributed by atoms with Gasteiger partial charge >= 0.3 is 5.97 Å². The molecule has 0 N–H and O–H groups in total. The maximum atomic E-state index is 13.2. The highest BCUT2D eigenvalue weighted by molar-refractivity contribution is 6.09. The Kier molecular flexibility index (Phi) is 5.18. The molecule has 1 aliphatic heterocycles. The number of carbonyl (C=O) groups is 2. The van der Waals surface area contributed by atoms with Crippen LogP contribution in [0.15, 0.2) is 49.7 Å². The Morgan fingerprint density at radius 1 is 1.17 bits per heavy atom. The first kappa shape index (κ1) is 20.3. The van der Waals surface area contributed by atoms with Crippen LogP contribution in [0.5, 0.6) is 0 Å². The molecular weight excluding hydrogens is 382 g/mol. The van der Waals surface area contributed by atoms with Gasteiger partial charge in [0.1, 0.15) is 23.2 Å². The minimum atomic E-state index is -0.631. The molecule has 2 aromatic rings. The number of para-hydroxylation sites is 1. The number of benzene rings is 1. The van der Waals surface area contributed by atoms with Gasteiger partial charge < -0.3 is 9.15 Å². The molecule has 1 aromatic carbocycles. The Morgan fingerprint density at radius 3 is 2.53 bits per heavy atom. The van der Waals surface area contributed by atoms with Gasteiger partial charge in [0.2, 0.25) is 0 Å². The van der Waals surface area contributed by atoms with Gasteiger partial charge in [0.15, 0.2) is 5.43 Å². The molecule has 4 rings (SSSR count). The van der Waals surface area contributed by atoms with Gasteiger partial charge in [0.25, 0.3) is 0 Å². The smallest absolute Gasteiger partial charge is 0.336 e. The van der Waals surface area contributed by atoms with Crippen LogP contribution in [0, 0.1) is 12.8 Å². The zero-order valence-electron chi connectivity index (χ0n) is 17.7. The maximum Gasteiger partial charge on any atom is 0.336 e. The first-order chi connectivity index (χ1) is 14.3. The van der Waals surface area contributed by atoms with Gasteiger partial charge in [-0.25, -0.2) is 4.79 Å². The van der Waals surface area contributed by atoms with E-state index in [1.165, 1.54) is 13.0 Å². The molecule has 2 heterocycles. The van der Waals surface area contributed by atoms with Crippen LogP contribution in [0.4, 0.5) is 0 Å². The Hall–Kier alpha value is -3.02. The fraction of sp³-hybridized carbons (Fsp3) is 0.417. The van der Waals surface area contributed by atoms with Gasteiger partial charge in [-0.05, 0) is 53.0 Å². The van der Waals surface area contributed by atoms with Gasteiger partial charge in [-0.3, -0.25) is 14.6 Å². The average molecular weight is 407 g/mol. The Bertz CT molecular complexity index is 1170. The molecule has 2 aliphatic rings. The first-order valence-corrected chi connectivity index (χ1v) is 10.3. The zero-order chi connectivity index (χ0) is 21.6. The van der Waals surface area contributed by atoms with Crippen molar-refractivity contribution in [1.29, 1.82) is 0 Å². The van der Waals surface area contributed by atoms with E-state index in [1.54, 1.807) is 32.9 Å². The quantitative estimate of drug-likeness (QED) is 0.708. The number of nitrogens with zero attached hydrogens (tertiary/aromatic N) is 1. The lowest BCUT2D eigenvalue weighted by atomic mass is 9.73. The van der Waals surface area contributed by atoms with E-state index in [9.17, 15) is 14.4 Å². The van der Waals surface area contributed by atoms with Crippen molar-refractivity contribution >= 4 is 28.4 Å². The second-order valence-electron chi connectivity index (χ2n) is 8.22. The number of fused-ring (bicyclic) bond motifs is 1. The highest BCUT2D eigenvalue weighted by atomic mass is 16.5. The summed E-state index contributed by atoms with van der Waals surface area (Å²) in [5, 5.41) is 0.421. The molecule has 1 fully saturated rings. The summed E-state index contributed by atoms with van der Waals surface area (Å²) in [5.41, 5.74) is 2.40. The Labute approximate surface area is 174 Å². The summed E-state index contributed by atoms with van der Waals surface area (Å²) in [5.74, 6) is -1.33. The van der Waals surface area contributed by atoms with Crippen LogP contribution in [-0.4, -0.2) is 23.6 Å². The molecular formula is C24H25NO5. The minimum absolute atomic E-state index is 0.0890. The number of hydrogen-bond acceptors (Lipinski definition) is 6. The second kappa shape index (κ2) is 7.67. The van der Waals surface area contributed by atoms with E-state index >= 15 is 0 Å². The lowest BCUT2D eigenvalue weighted by molar-refractivity contribution is -0.148. The summed E-state index contributed by atoms with van der Waals surface area (Å²) in [6.45, 7) is 6.76. The van der Waals surface area contributed by atoms with Crippen LogP contribution in [0.1, 0.15) is 57.3 Å². The van der Waals surface area contributed by atoms with Crippen LogP contribution in [-0.2, 0) is 14.3 Å². The standard InChI is InChI=1S/C24H25NO5/c1-12-11-19(27)17-9-6-10-18(23(17)29-12)22-20(15(4)26)13(2)25-14(3)21(22)24(28)30-16-7-5-8-16/h6,9-11,16,20,22H,5,7-8H2,1-4H3.